The van der Waals surface area contributed by atoms with Crippen molar-refractivity contribution in [2.24, 2.45) is 0 Å². The molecule has 0 bridgehead atoms. The van der Waals surface area contributed by atoms with Gasteiger partial charge < -0.3 is 9.63 Å². The van der Waals surface area contributed by atoms with Gasteiger partial charge in [0.15, 0.2) is 0 Å². The molecule has 0 amide bonds. The molecule has 2 aromatic rings. The second-order valence-corrected chi connectivity index (χ2v) is 4.44. The monoisotopic (exact) mass is 261 g/mol. The van der Waals surface area contributed by atoms with Crippen molar-refractivity contribution in [3.8, 4) is 11.5 Å². The van der Waals surface area contributed by atoms with Crippen LogP contribution in [0.25, 0.3) is 11.5 Å². The summed E-state index contributed by atoms with van der Waals surface area (Å²) in [7, 11) is 0. The van der Waals surface area contributed by atoms with Crippen molar-refractivity contribution in [2.45, 2.75) is 33.1 Å². The highest BCUT2D eigenvalue weighted by atomic mass is 16.5. The molecule has 0 aromatic carbocycles. The summed E-state index contributed by atoms with van der Waals surface area (Å²) in [6, 6.07) is 2.00. The van der Waals surface area contributed by atoms with Gasteiger partial charge in [-0.15, -0.1) is 0 Å². The first kappa shape index (κ1) is 13.2. The van der Waals surface area contributed by atoms with Crippen molar-refractivity contribution >= 4 is 5.97 Å². The van der Waals surface area contributed by atoms with E-state index in [0.717, 1.165) is 11.1 Å². The lowest BCUT2D eigenvalue weighted by atomic mass is 10.1. The van der Waals surface area contributed by atoms with Crippen LogP contribution < -0.4 is 0 Å². The molecule has 0 aliphatic carbocycles. The lowest BCUT2D eigenvalue weighted by Gasteiger charge is -2.00. The maximum Gasteiger partial charge on any atom is 0.303 e. The minimum Gasteiger partial charge on any atom is -0.481 e. The molecule has 6 nitrogen and oxygen atoms in total. The van der Waals surface area contributed by atoms with Crippen LogP contribution in [0.4, 0.5) is 0 Å². The zero-order valence-electron chi connectivity index (χ0n) is 10.9. The van der Waals surface area contributed by atoms with E-state index in [9.17, 15) is 4.79 Å². The van der Waals surface area contributed by atoms with E-state index in [1.54, 1.807) is 6.20 Å². The number of hydrogen-bond acceptors (Lipinski definition) is 5. The molecule has 19 heavy (non-hydrogen) atoms. The molecule has 0 atom stereocenters. The first-order valence-corrected chi connectivity index (χ1v) is 6.04. The fourth-order valence-corrected chi connectivity index (χ4v) is 1.79. The van der Waals surface area contributed by atoms with E-state index < -0.39 is 5.97 Å². The van der Waals surface area contributed by atoms with Gasteiger partial charge in [0.1, 0.15) is 5.69 Å². The molecule has 0 spiro atoms. The number of nitrogens with zero attached hydrogens (tertiary/aromatic N) is 3. The maximum absolute atomic E-state index is 10.4. The lowest BCUT2D eigenvalue weighted by molar-refractivity contribution is -0.137. The number of hydrogen-bond donors (Lipinski definition) is 1. The molecule has 100 valence electrons. The number of aliphatic carboxylic acids is 1. The average Bonchev–Trinajstić information content (AvgIpc) is 2.77. The molecule has 2 rings (SSSR count). The van der Waals surface area contributed by atoms with Gasteiger partial charge in [-0.1, -0.05) is 11.2 Å². The van der Waals surface area contributed by atoms with E-state index in [1.807, 2.05) is 19.9 Å². The van der Waals surface area contributed by atoms with Gasteiger partial charge >= 0.3 is 5.97 Å². The number of aryl methyl sites for hydroxylation is 3. The van der Waals surface area contributed by atoms with Crippen LogP contribution in [-0.2, 0) is 11.2 Å². The molecular weight excluding hydrogens is 246 g/mol. The van der Waals surface area contributed by atoms with Crippen LogP contribution in [0.2, 0.25) is 0 Å². The van der Waals surface area contributed by atoms with E-state index in [2.05, 4.69) is 15.1 Å². The first-order valence-electron chi connectivity index (χ1n) is 6.04. The van der Waals surface area contributed by atoms with Crippen molar-refractivity contribution < 1.29 is 14.4 Å². The highest BCUT2D eigenvalue weighted by Crippen LogP contribution is 2.18. The summed E-state index contributed by atoms with van der Waals surface area (Å²) in [6.07, 6.45) is 2.80. The summed E-state index contributed by atoms with van der Waals surface area (Å²) in [4.78, 5) is 18.9. The van der Waals surface area contributed by atoms with Crippen molar-refractivity contribution in [2.75, 3.05) is 0 Å². The standard InChI is InChI=1S/C13H15N3O3/c1-8-6-9(2)12(14-7-8)13-15-10(19-16-13)4-3-5-11(17)18/h6-7H,3-5H2,1-2H3,(H,17,18). The second kappa shape index (κ2) is 5.60. The Kier molecular flexibility index (Phi) is 3.89. The van der Waals surface area contributed by atoms with Crippen molar-refractivity contribution in [3.05, 3.63) is 29.3 Å². The van der Waals surface area contributed by atoms with E-state index in [1.165, 1.54) is 0 Å². The summed E-state index contributed by atoms with van der Waals surface area (Å²) >= 11 is 0. The molecule has 0 fully saturated rings. The molecule has 0 aliphatic rings. The molecule has 0 unspecified atom stereocenters. The molecule has 0 aliphatic heterocycles. The third-order valence-corrected chi connectivity index (χ3v) is 2.68. The molecule has 0 saturated heterocycles. The molecule has 6 heteroatoms. The highest BCUT2D eigenvalue weighted by molar-refractivity contribution is 5.66. The highest BCUT2D eigenvalue weighted by Gasteiger charge is 2.12. The smallest absolute Gasteiger partial charge is 0.303 e. The molecular formula is C13H15N3O3. The minimum atomic E-state index is -0.823. The summed E-state index contributed by atoms with van der Waals surface area (Å²) in [5, 5.41) is 12.4. The Morgan fingerprint density at radius 3 is 2.89 bits per heavy atom. The van der Waals surface area contributed by atoms with Gasteiger partial charge in [0.25, 0.3) is 0 Å². The predicted octanol–water partition coefficient (Wildman–Crippen LogP) is 2.16. The van der Waals surface area contributed by atoms with Gasteiger partial charge in [-0.2, -0.15) is 4.98 Å². The van der Waals surface area contributed by atoms with Gasteiger partial charge in [0.2, 0.25) is 11.7 Å². The minimum absolute atomic E-state index is 0.0967. The first-order chi connectivity index (χ1) is 9.06. The van der Waals surface area contributed by atoms with Crippen LogP contribution in [-0.4, -0.2) is 26.2 Å². The number of pyridine rings is 1. The maximum atomic E-state index is 10.4. The number of rotatable bonds is 5. The number of aromatic nitrogens is 3. The van der Waals surface area contributed by atoms with Crippen LogP contribution in [0, 0.1) is 13.8 Å². The number of carboxylic acids is 1. The van der Waals surface area contributed by atoms with Gasteiger partial charge in [0, 0.05) is 19.0 Å². The van der Waals surface area contributed by atoms with Gasteiger partial charge in [-0.25, -0.2) is 0 Å². The Hall–Kier alpha value is -2.24. The summed E-state index contributed by atoms with van der Waals surface area (Å²) < 4.78 is 5.09. The third kappa shape index (κ3) is 3.37. The summed E-state index contributed by atoms with van der Waals surface area (Å²) in [5.74, 6) is 0.0663. The Labute approximate surface area is 110 Å². The van der Waals surface area contributed by atoms with Crippen molar-refractivity contribution in [3.63, 3.8) is 0 Å². The second-order valence-electron chi connectivity index (χ2n) is 4.44. The van der Waals surface area contributed by atoms with Crippen LogP contribution in [0.1, 0.15) is 29.9 Å². The Morgan fingerprint density at radius 1 is 1.42 bits per heavy atom. The number of carboxylic acid groups (broad SMARTS) is 1. The van der Waals surface area contributed by atoms with E-state index in [4.69, 9.17) is 9.63 Å². The molecule has 0 radical (unpaired) electrons. The summed E-state index contributed by atoms with van der Waals surface area (Å²) in [6.45, 7) is 3.91. The Morgan fingerprint density at radius 2 is 2.21 bits per heavy atom. The van der Waals surface area contributed by atoms with Crippen LogP contribution in [0.15, 0.2) is 16.8 Å². The number of carbonyl (C=O) groups is 1. The molecule has 0 saturated carbocycles. The zero-order valence-corrected chi connectivity index (χ0v) is 10.9. The van der Waals surface area contributed by atoms with Crippen LogP contribution >= 0.6 is 0 Å². The summed E-state index contributed by atoms with van der Waals surface area (Å²) in [5.41, 5.74) is 2.75. The fourth-order valence-electron chi connectivity index (χ4n) is 1.79. The predicted molar refractivity (Wildman–Crippen MR) is 67.6 cm³/mol. The zero-order chi connectivity index (χ0) is 13.8. The largest absolute Gasteiger partial charge is 0.481 e. The van der Waals surface area contributed by atoms with Gasteiger partial charge in [-0.3, -0.25) is 9.78 Å². The van der Waals surface area contributed by atoms with E-state index in [-0.39, 0.29) is 6.42 Å². The average molecular weight is 261 g/mol. The normalized spacial score (nSPS) is 10.6. The van der Waals surface area contributed by atoms with Gasteiger partial charge in [0.05, 0.1) is 0 Å². The van der Waals surface area contributed by atoms with Crippen LogP contribution in [0.3, 0.4) is 0 Å². The van der Waals surface area contributed by atoms with E-state index in [0.29, 0.717) is 30.3 Å². The third-order valence-electron chi connectivity index (χ3n) is 2.68. The van der Waals surface area contributed by atoms with Crippen LogP contribution in [0.5, 0.6) is 0 Å². The molecule has 2 aromatic heterocycles. The Balaban J connectivity index is 2.10. The molecule has 1 N–H and O–H groups in total. The SMILES string of the molecule is Cc1cnc(-c2noc(CCCC(=O)O)n2)c(C)c1. The molecule has 2 heterocycles. The van der Waals surface area contributed by atoms with Gasteiger partial charge in [-0.05, 0) is 31.4 Å². The van der Waals surface area contributed by atoms with E-state index >= 15 is 0 Å². The van der Waals surface area contributed by atoms with Crippen molar-refractivity contribution in [1.29, 1.82) is 0 Å². The lowest BCUT2D eigenvalue weighted by Crippen LogP contribution is -1.96. The quantitative estimate of drug-likeness (QED) is 0.887. The Bertz CT molecular complexity index is 593. The fraction of sp³-hybridized carbons (Fsp3) is 0.385. The van der Waals surface area contributed by atoms with Crippen molar-refractivity contribution in [1.82, 2.24) is 15.1 Å². The topological polar surface area (TPSA) is 89.1 Å².